The Kier molecular flexibility index (Phi) is 3.07. The third-order valence-corrected chi connectivity index (χ3v) is 5.06. The van der Waals surface area contributed by atoms with Crippen LogP contribution in [-0.4, -0.2) is 40.9 Å². The van der Waals surface area contributed by atoms with Gasteiger partial charge in [-0.3, -0.25) is 4.40 Å². The van der Waals surface area contributed by atoms with Crippen LogP contribution in [0.25, 0.3) is 4.96 Å². The van der Waals surface area contributed by atoms with E-state index in [9.17, 15) is 5.11 Å². The van der Waals surface area contributed by atoms with Crippen LogP contribution in [0.4, 0.5) is 0 Å². The summed E-state index contributed by atoms with van der Waals surface area (Å²) in [4.78, 5) is 5.86. The van der Waals surface area contributed by atoms with E-state index in [0.717, 1.165) is 18.1 Å². The largest absolute Gasteiger partial charge is 0.396 e. The minimum absolute atomic E-state index is 0.0712. The first-order valence-electron chi connectivity index (χ1n) is 7.15. The van der Waals surface area contributed by atoms with E-state index in [1.54, 1.807) is 11.3 Å². The topological polar surface area (TPSA) is 58.8 Å². The number of hydrogen-bond donors (Lipinski definition) is 2. The zero-order valence-corrected chi connectivity index (χ0v) is 12.2. The zero-order chi connectivity index (χ0) is 13.6. The second kappa shape index (κ2) is 4.80. The average Bonchev–Trinajstić information content (AvgIpc) is 3.05. The second-order valence-corrected chi connectivity index (χ2v) is 6.90. The number of rotatable bonds is 6. The molecule has 20 heavy (non-hydrogen) atoms. The maximum atomic E-state index is 9.45. The van der Waals surface area contributed by atoms with Crippen molar-refractivity contribution >= 4 is 16.3 Å². The van der Waals surface area contributed by atoms with Gasteiger partial charge in [-0.2, -0.15) is 0 Å². The molecule has 2 aliphatic rings. The maximum absolute atomic E-state index is 9.45. The lowest BCUT2D eigenvalue weighted by Gasteiger charge is -2.40. The SMILES string of the molecule is OCC1(CNCc2c(C3CC3)nc3sccn23)COC1. The molecule has 4 rings (SSSR count). The number of imidazole rings is 1. The van der Waals surface area contributed by atoms with E-state index < -0.39 is 0 Å². The Hall–Kier alpha value is -0.950. The van der Waals surface area contributed by atoms with Crippen molar-refractivity contribution in [3.63, 3.8) is 0 Å². The van der Waals surface area contributed by atoms with Gasteiger partial charge in [-0.1, -0.05) is 0 Å². The molecule has 0 unspecified atom stereocenters. The van der Waals surface area contributed by atoms with Crippen LogP contribution in [0.3, 0.4) is 0 Å². The molecule has 1 saturated heterocycles. The van der Waals surface area contributed by atoms with Crippen molar-refractivity contribution in [2.75, 3.05) is 26.4 Å². The summed E-state index contributed by atoms with van der Waals surface area (Å²) in [5.74, 6) is 0.665. The summed E-state index contributed by atoms with van der Waals surface area (Å²) in [6, 6.07) is 0. The van der Waals surface area contributed by atoms with Gasteiger partial charge >= 0.3 is 0 Å². The van der Waals surface area contributed by atoms with Gasteiger partial charge in [0, 0.05) is 30.6 Å². The predicted octanol–water partition coefficient (Wildman–Crippen LogP) is 1.37. The molecule has 1 aliphatic heterocycles. The highest BCUT2D eigenvalue weighted by Gasteiger charge is 2.38. The van der Waals surface area contributed by atoms with E-state index in [-0.39, 0.29) is 12.0 Å². The molecule has 6 heteroatoms. The molecule has 0 spiro atoms. The quantitative estimate of drug-likeness (QED) is 0.844. The maximum Gasteiger partial charge on any atom is 0.194 e. The first-order chi connectivity index (χ1) is 9.81. The third kappa shape index (κ3) is 2.07. The smallest absolute Gasteiger partial charge is 0.194 e. The van der Waals surface area contributed by atoms with Crippen LogP contribution in [0.2, 0.25) is 0 Å². The summed E-state index contributed by atoms with van der Waals surface area (Å²) in [6.45, 7) is 3.12. The number of aromatic nitrogens is 2. The zero-order valence-electron chi connectivity index (χ0n) is 11.3. The fraction of sp³-hybridized carbons (Fsp3) is 0.643. The van der Waals surface area contributed by atoms with E-state index in [0.29, 0.717) is 19.1 Å². The average molecular weight is 293 g/mol. The van der Waals surface area contributed by atoms with Crippen molar-refractivity contribution in [1.82, 2.24) is 14.7 Å². The molecule has 0 amide bonds. The van der Waals surface area contributed by atoms with Crippen LogP contribution in [0.15, 0.2) is 11.6 Å². The molecule has 2 aromatic heterocycles. The van der Waals surface area contributed by atoms with Crippen molar-refractivity contribution in [3.8, 4) is 0 Å². The van der Waals surface area contributed by atoms with Gasteiger partial charge in [0.05, 0.1) is 36.6 Å². The molecule has 0 aromatic carbocycles. The molecule has 1 saturated carbocycles. The lowest BCUT2D eigenvalue weighted by Crippen LogP contribution is -2.52. The number of ether oxygens (including phenoxy) is 1. The number of nitrogens with zero attached hydrogens (tertiary/aromatic N) is 2. The Morgan fingerprint density at radius 1 is 1.50 bits per heavy atom. The fourth-order valence-corrected chi connectivity index (χ4v) is 3.53. The number of aliphatic hydroxyl groups excluding tert-OH is 1. The van der Waals surface area contributed by atoms with Gasteiger partial charge in [-0.05, 0) is 12.8 Å². The summed E-state index contributed by atoms with van der Waals surface area (Å²) in [6.07, 6.45) is 4.64. The van der Waals surface area contributed by atoms with Crippen LogP contribution < -0.4 is 5.32 Å². The predicted molar refractivity (Wildman–Crippen MR) is 77.1 cm³/mol. The first kappa shape index (κ1) is 12.8. The molecule has 3 heterocycles. The molecule has 0 bridgehead atoms. The highest BCUT2D eigenvalue weighted by molar-refractivity contribution is 7.15. The lowest BCUT2D eigenvalue weighted by molar-refractivity contribution is -0.134. The van der Waals surface area contributed by atoms with Crippen molar-refractivity contribution in [2.45, 2.75) is 25.3 Å². The van der Waals surface area contributed by atoms with Gasteiger partial charge in [-0.25, -0.2) is 4.98 Å². The Labute approximate surface area is 121 Å². The highest BCUT2D eigenvalue weighted by Crippen LogP contribution is 2.41. The van der Waals surface area contributed by atoms with Crippen molar-refractivity contribution in [2.24, 2.45) is 5.41 Å². The van der Waals surface area contributed by atoms with E-state index in [2.05, 4.69) is 21.3 Å². The molecule has 1 aliphatic carbocycles. The minimum Gasteiger partial charge on any atom is -0.396 e. The van der Waals surface area contributed by atoms with E-state index >= 15 is 0 Å². The van der Waals surface area contributed by atoms with Crippen LogP contribution >= 0.6 is 11.3 Å². The highest BCUT2D eigenvalue weighted by atomic mass is 32.1. The molecule has 2 N–H and O–H groups in total. The molecular formula is C14H19N3O2S. The minimum atomic E-state index is -0.0712. The Balaban J connectivity index is 1.50. The number of nitrogens with one attached hydrogen (secondary N) is 1. The van der Waals surface area contributed by atoms with Crippen molar-refractivity contribution in [3.05, 3.63) is 23.0 Å². The summed E-state index contributed by atoms with van der Waals surface area (Å²) < 4.78 is 7.43. The normalized spacial score (nSPS) is 21.2. The van der Waals surface area contributed by atoms with Gasteiger partial charge in [0.2, 0.25) is 0 Å². The van der Waals surface area contributed by atoms with Crippen LogP contribution in [0.1, 0.15) is 30.1 Å². The van der Waals surface area contributed by atoms with Crippen LogP contribution in [0.5, 0.6) is 0 Å². The summed E-state index contributed by atoms with van der Waals surface area (Å²) in [7, 11) is 0. The van der Waals surface area contributed by atoms with Gasteiger partial charge in [0.25, 0.3) is 0 Å². The van der Waals surface area contributed by atoms with Crippen LogP contribution in [0, 0.1) is 5.41 Å². The Morgan fingerprint density at radius 3 is 3.00 bits per heavy atom. The number of hydrogen-bond acceptors (Lipinski definition) is 5. The lowest BCUT2D eigenvalue weighted by atomic mass is 9.87. The van der Waals surface area contributed by atoms with E-state index in [4.69, 9.17) is 9.72 Å². The number of fused-ring (bicyclic) bond motifs is 1. The number of thiazole rings is 1. The number of aliphatic hydroxyl groups is 1. The van der Waals surface area contributed by atoms with Gasteiger partial charge < -0.3 is 15.2 Å². The second-order valence-electron chi connectivity index (χ2n) is 6.03. The van der Waals surface area contributed by atoms with Gasteiger partial charge in [0.1, 0.15) is 0 Å². The van der Waals surface area contributed by atoms with E-state index in [1.807, 2.05) is 0 Å². The Bertz CT molecular complexity index is 607. The molecule has 0 atom stereocenters. The molecule has 108 valence electrons. The fourth-order valence-electron chi connectivity index (χ4n) is 2.79. The third-order valence-electron chi connectivity index (χ3n) is 4.30. The van der Waals surface area contributed by atoms with Gasteiger partial charge in [0.15, 0.2) is 4.96 Å². The summed E-state index contributed by atoms with van der Waals surface area (Å²) >= 11 is 1.69. The molecule has 2 aromatic rings. The van der Waals surface area contributed by atoms with Crippen molar-refractivity contribution in [1.29, 1.82) is 0 Å². The van der Waals surface area contributed by atoms with E-state index in [1.165, 1.54) is 24.2 Å². The molecule has 5 nitrogen and oxygen atoms in total. The monoisotopic (exact) mass is 293 g/mol. The summed E-state index contributed by atoms with van der Waals surface area (Å²) in [5, 5.41) is 15.0. The molecule has 0 radical (unpaired) electrons. The molecular weight excluding hydrogens is 274 g/mol. The first-order valence-corrected chi connectivity index (χ1v) is 8.03. The van der Waals surface area contributed by atoms with Crippen molar-refractivity contribution < 1.29 is 9.84 Å². The van der Waals surface area contributed by atoms with Crippen LogP contribution in [-0.2, 0) is 11.3 Å². The van der Waals surface area contributed by atoms with Gasteiger partial charge in [-0.15, -0.1) is 11.3 Å². The Morgan fingerprint density at radius 2 is 2.35 bits per heavy atom. The molecule has 2 fully saturated rings. The summed E-state index contributed by atoms with van der Waals surface area (Å²) in [5.41, 5.74) is 2.49. The standard InChI is InChI=1S/C14H19N3O2S/c18-7-14(8-19-9-14)6-15-5-11-12(10-1-2-10)16-13-17(11)3-4-20-13/h3-4,10,15,18H,1-2,5-9H2.